The smallest absolute Gasteiger partial charge is 0.363 e. The normalized spacial score (nSPS) is 11.3. The number of amides is 2. The van der Waals surface area contributed by atoms with Crippen LogP contribution < -0.4 is 25.9 Å². The SMILES string of the molecule is CN(C)c1ccc2c(-c3ccc(C(=O)Nc4cccc5cc(C(=O)NCc6c7oc8cc(O)ccc8c(-c8ccc(C(=O)O)cc8C(=O)O)c-7ccc6=O)ccc45)cc3C(=O)O)c3ccc(N(C)C)cc3[o+]c2c1. The molecule has 0 saturated carbocycles. The van der Waals surface area contributed by atoms with E-state index in [1.165, 1.54) is 48.5 Å². The maximum absolute atomic E-state index is 14.0. The fraction of sp³-hybridized carbons (Fsp3) is 0.0862. The van der Waals surface area contributed by atoms with Gasteiger partial charge >= 0.3 is 29.1 Å². The van der Waals surface area contributed by atoms with Crippen molar-refractivity contribution in [2.24, 2.45) is 0 Å². The summed E-state index contributed by atoms with van der Waals surface area (Å²) >= 11 is 0. The van der Waals surface area contributed by atoms with Crippen LogP contribution in [0.3, 0.4) is 0 Å². The Bertz CT molecular complexity index is 4020. The Labute approximate surface area is 419 Å². The number of carbonyl (C=O) groups excluding carboxylic acids is 2. The Morgan fingerprint density at radius 1 is 0.554 bits per heavy atom. The van der Waals surface area contributed by atoms with E-state index in [2.05, 4.69) is 10.6 Å². The second-order valence-electron chi connectivity index (χ2n) is 18.0. The number of carboxylic acid groups (broad SMARTS) is 3. The van der Waals surface area contributed by atoms with Crippen molar-refractivity contribution in [3.63, 3.8) is 0 Å². The van der Waals surface area contributed by atoms with Crippen molar-refractivity contribution >= 4 is 90.5 Å². The quantitative estimate of drug-likeness (QED) is 0.0493. The molecule has 2 heterocycles. The number of hydrogen-bond acceptors (Lipinski definition) is 10. The van der Waals surface area contributed by atoms with Gasteiger partial charge in [0, 0.05) is 89.9 Å². The fourth-order valence-electron chi connectivity index (χ4n) is 9.30. The Morgan fingerprint density at radius 2 is 1.12 bits per heavy atom. The molecule has 16 nitrogen and oxygen atoms in total. The second kappa shape index (κ2) is 18.6. The molecule has 2 aliphatic rings. The lowest BCUT2D eigenvalue weighted by Crippen LogP contribution is -2.26. The number of aromatic carboxylic acids is 3. The molecule has 0 saturated heterocycles. The number of phenols is 1. The van der Waals surface area contributed by atoms with Gasteiger partial charge in [0.2, 0.25) is 0 Å². The van der Waals surface area contributed by atoms with E-state index < -0.39 is 35.2 Å². The van der Waals surface area contributed by atoms with Crippen LogP contribution in [-0.2, 0) is 6.54 Å². The number of rotatable bonds is 12. The third kappa shape index (κ3) is 8.55. The van der Waals surface area contributed by atoms with Gasteiger partial charge in [0.15, 0.2) is 5.43 Å². The van der Waals surface area contributed by atoms with Crippen molar-refractivity contribution in [3.8, 4) is 39.3 Å². The first-order valence-electron chi connectivity index (χ1n) is 23.0. The zero-order valence-corrected chi connectivity index (χ0v) is 39.9. The summed E-state index contributed by atoms with van der Waals surface area (Å²) in [5.74, 6) is -5.28. The lowest BCUT2D eigenvalue weighted by atomic mass is 9.88. The molecule has 16 heteroatoms. The molecule has 6 N–H and O–H groups in total. The minimum absolute atomic E-state index is 0.00369. The molecule has 2 amide bonds. The van der Waals surface area contributed by atoms with Crippen molar-refractivity contribution in [2.45, 2.75) is 6.54 Å². The van der Waals surface area contributed by atoms with E-state index in [1.54, 1.807) is 48.5 Å². The van der Waals surface area contributed by atoms with Gasteiger partial charge in [-0.25, -0.2) is 18.8 Å². The molecule has 74 heavy (non-hydrogen) atoms. The van der Waals surface area contributed by atoms with E-state index in [1.807, 2.05) is 74.4 Å². The predicted octanol–water partition coefficient (Wildman–Crippen LogP) is 10.7. The zero-order valence-electron chi connectivity index (χ0n) is 39.9. The molecule has 1 aliphatic carbocycles. The van der Waals surface area contributed by atoms with Gasteiger partial charge in [-0.1, -0.05) is 30.3 Å². The number of carbonyl (C=O) groups is 5. The van der Waals surface area contributed by atoms with Crippen molar-refractivity contribution < 1.29 is 53.2 Å². The van der Waals surface area contributed by atoms with Gasteiger partial charge in [0.1, 0.15) is 17.1 Å². The van der Waals surface area contributed by atoms with Crippen molar-refractivity contribution in [2.75, 3.05) is 43.3 Å². The average molecular weight is 988 g/mol. The van der Waals surface area contributed by atoms with Crippen LogP contribution in [0.25, 0.3) is 77.3 Å². The lowest BCUT2D eigenvalue weighted by molar-refractivity contribution is 0.0682. The number of hydrogen-bond donors (Lipinski definition) is 6. The number of aromatic hydroxyl groups is 1. The van der Waals surface area contributed by atoms with E-state index in [0.29, 0.717) is 66.0 Å². The maximum atomic E-state index is 14.0. The molecule has 8 aromatic rings. The van der Waals surface area contributed by atoms with Crippen molar-refractivity contribution in [3.05, 3.63) is 183 Å². The van der Waals surface area contributed by atoms with E-state index in [0.717, 1.165) is 17.4 Å². The number of fused-ring (bicyclic) bond motifs is 5. The highest BCUT2D eigenvalue weighted by Gasteiger charge is 2.28. The summed E-state index contributed by atoms with van der Waals surface area (Å²) in [5, 5.41) is 49.4. The fourth-order valence-corrected chi connectivity index (χ4v) is 9.30. The molecule has 7 aromatic carbocycles. The summed E-state index contributed by atoms with van der Waals surface area (Å²) < 4.78 is 12.6. The van der Waals surface area contributed by atoms with Gasteiger partial charge in [-0.05, 0) is 108 Å². The second-order valence-corrected chi connectivity index (χ2v) is 18.0. The van der Waals surface area contributed by atoms with Gasteiger partial charge in [-0.15, -0.1) is 0 Å². The molecule has 0 fully saturated rings. The number of phenolic OH excluding ortho intramolecular Hbond substituents is 1. The first-order valence-corrected chi connectivity index (χ1v) is 23.0. The summed E-state index contributed by atoms with van der Waals surface area (Å²) in [6.07, 6.45) is 0. The standard InChI is InChI=1S/C58H42N4O12/c1-61(2)33-11-17-39-48(25-33)73-49-26-34(62(3)4)12-18-40(49)51(39)37-15-9-31(23-43(37)57(69)70)55(66)60-46-7-5-6-29-22-30(8-14-36(29)46)54(65)59-28-45-47(64)21-20-42-52(41-19-13-35(63)27-50(41)74-53(42)45)38-16-10-32(56(67)68)24-44(38)58(71)72/h5-27H,28H2,1-4H3,(H5-,59,60,63,64,65,66,67,68,69,70,71,72)/p+1. The Kier molecular flexibility index (Phi) is 11.9. The summed E-state index contributed by atoms with van der Waals surface area (Å²) in [4.78, 5) is 82.6. The van der Waals surface area contributed by atoms with E-state index in [-0.39, 0.29) is 62.6 Å². The number of carboxylic acids is 3. The first kappa shape index (κ1) is 47.6. The van der Waals surface area contributed by atoms with Crippen LogP contribution in [0.4, 0.5) is 17.1 Å². The van der Waals surface area contributed by atoms with Gasteiger partial charge in [-0.2, -0.15) is 0 Å². The highest BCUT2D eigenvalue weighted by Crippen LogP contribution is 2.44. The third-order valence-electron chi connectivity index (χ3n) is 13.0. The highest BCUT2D eigenvalue weighted by molar-refractivity contribution is 6.16. The number of benzene rings is 8. The monoisotopic (exact) mass is 987 g/mol. The number of anilines is 3. The molecule has 10 rings (SSSR count). The summed E-state index contributed by atoms with van der Waals surface area (Å²) in [6.45, 7) is -0.335. The molecular formula is C58H43N4O12+. The van der Waals surface area contributed by atoms with Crippen molar-refractivity contribution in [1.82, 2.24) is 5.32 Å². The zero-order chi connectivity index (χ0) is 52.3. The molecule has 1 aliphatic heterocycles. The Balaban J connectivity index is 0.938. The molecule has 0 spiro atoms. The molecule has 0 bridgehead atoms. The molecule has 0 radical (unpaired) electrons. The van der Waals surface area contributed by atoms with Crippen LogP contribution in [0.2, 0.25) is 0 Å². The largest absolute Gasteiger partial charge is 0.508 e. The topological polar surface area (TPSA) is 238 Å². The summed E-state index contributed by atoms with van der Waals surface area (Å²) in [5.41, 5.74) is 4.24. The van der Waals surface area contributed by atoms with Gasteiger partial charge in [0.05, 0.1) is 51.7 Å². The first-order chi connectivity index (χ1) is 35.4. The van der Waals surface area contributed by atoms with Gasteiger partial charge in [-0.3, -0.25) is 14.4 Å². The van der Waals surface area contributed by atoms with Crippen LogP contribution in [0.15, 0.2) is 153 Å². The Hall–Kier alpha value is -10.1. The molecule has 0 atom stereocenters. The maximum Gasteiger partial charge on any atom is 0.363 e. The third-order valence-corrected chi connectivity index (χ3v) is 13.0. The van der Waals surface area contributed by atoms with E-state index in [4.69, 9.17) is 8.83 Å². The summed E-state index contributed by atoms with van der Waals surface area (Å²) in [7, 11) is 7.66. The number of nitrogens with zero attached hydrogens (tertiary/aromatic N) is 2. The van der Waals surface area contributed by atoms with Crippen LogP contribution in [0.5, 0.6) is 5.75 Å². The molecule has 366 valence electrons. The number of nitrogens with one attached hydrogen (secondary N) is 2. The Morgan fingerprint density at radius 3 is 1.76 bits per heavy atom. The minimum atomic E-state index is -1.40. The summed E-state index contributed by atoms with van der Waals surface area (Å²) in [6, 6.07) is 36.5. The van der Waals surface area contributed by atoms with E-state index >= 15 is 0 Å². The van der Waals surface area contributed by atoms with Crippen LogP contribution in [-0.4, -0.2) is 78.3 Å². The van der Waals surface area contributed by atoms with Crippen molar-refractivity contribution in [1.29, 1.82) is 0 Å². The highest BCUT2D eigenvalue weighted by atomic mass is 16.4. The molecule has 0 unspecified atom stereocenters. The molecular weight excluding hydrogens is 945 g/mol. The van der Waals surface area contributed by atoms with E-state index in [9.17, 15) is 49.2 Å². The van der Waals surface area contributed by atoms with Gasteiger partial charge < -0.3 is 45.3 Å². The predicted molar refractivity (Wildman–Crippen MR) is 282 cm³/mol. The minimum Gasteiger partial charge on any atom is -0.508 e. The van der Waals surface area contributed by atoms with Crippen LogP contribution in [0, 0.1) is 0 Å². The van der Waals surface area contributed by atoms with Crippen LogP contribution in [0.1, 0.15) is 57.4 Å². The molecule has 1 aromatic heterocycles. The average Bonchev–Trinajstić information content (AvgIpc) is 3.38. The van der Waals surface area contributed by atoms with Gasteiger partial charge in [0.25, 0.3) is 11.8 Å². The van der Waals surface area contributed by atoms with Crippen LogP contribution >= 0.6 is 0 Å². The lowest BCUT2D eigenvalue weighted by Gasteiger charge is -2.19.